The fourth-order valence-electron chi connectivity index (χ4n) is 1.58. The highest BCUT2D eigenvalue weighted by molar-refractivity contribution is 7.11. The zero-order chi connectivity index (χ0) is 13.0. The van der Waals surface area contributed by atoms with Crippen LogP contribution >= 0.6 is 11.3 Å². The summed E-state index contributed by atoms with van der Waals surface area (Å²) < 4.78 is 5.68. The number of hydrogen-bond acceptors (Lipinski definition) is 3. The summed E-state index contributed by atoms with van der Waals surface area (Å²) in [5.74, 6) is 0.874. The molecule has 0 unspecified atom stereocenters. The van der Waals surface area contributed by atoms with Crippen molar-refractivity contribution in [2.45, 2.75) is 20.0 Å². The van der Waals surface area contributed by atoms with Crippen molar-refractivity contribution >= 4 is 17.2 Å². The minimum Gasteiger partial charge on any atom is -0.488 e. The van der Waals surface area contributed by atoms with Gasteiger partial charge in [0.15, 0.2) is 0 Å². The van der Waals surface area contributed by atoms with Crippen LogP contribution < -0.4 is 10.5 Å². The molecule has 2 rings (SSSR count). The van der Waals surface area contributed by atoms with Gasteiger partial charge >= 0.3 is 0 Å². The zero-order valence-corrected chi connectivity index (χ0v) is 11.1. The van der Waals surface area contributed by atoms with Crippen molar-refractivity contribution in [1.29, 1.82) is 5.41 Å². The average Bonchev–Trinajstić information content (AvgIpc) is 2.85. The van der Waals surface area contributed by atoms with Crippen LogP contribution in [0.1, 0.15) is 22.2 Å². The number of nitrogens with one attached hydrogen (secondary N) is 1. The van der Waals surface area contributed by atoms with Gasteiger partial charge in [-0.3, -0.25) is 5.41 Å². The topological polar surface area (TPSA) is 59.1 Å². The molecule has 0 bridgehead atoms. The van der Waals surface area contributed by atoms with E-state index >= 15 is 0 Å². The van der Waals surface area contributed by atoms with Gasteiger partial charge in [0.2, 0.25) is 0 Å². The first kappa shape index (κ1) is 12.6. The maximum atomic E-state index is 7.30. The van der Waals surface area contributed by atoms with E-state index in [9.17, 15) is 0 Å². The number of benzene rings is 1. The molecule has 3 N–H and O–H groups in total. The molecule has 2 aromatic rings. The predicted molar refractivity (Wildman–Crippen MR) is 75.5 cm³/mol. The van der Waals surface area contributed by atoms with Gasteiger partial charge in [0, 0.05) is 15.3 Å². The first-order valence-corrected chi connectivity index (χ1v) is 6.65. The van der Waals surface area contributed by atoms with Crippen molar-refractivity contribution in [3.05, 3.63) is 51.7 Å². The largest absolute Gasteiger partial charge is 0.488 e. The van der Waals surface area contributed by atoms with E-state index in [4.69, 9.17) is 15.9 Å². The van der Waals surface area contributed by atoms with Crippen molar-refractivity contribution in [2.24, 2.45) is 5.73 Å². The van der Waals surface area contributed by atoms with Crippen LogP contribution in [-0.4, -0.2) is 5.84 Å². The summed E-state index contributed by atoms with van der Waals surface area (Å²) >= 11 is 1.78. The molecule has 3 nitrogen and oxygen atoms in total. The van der Waals surface area contributed by atoms with Crippen LogP contribution in [-0.2, 0) is 13.0 Å². The lowest BCUT2D eigenvalue weighted by Crippen LogP contribution is -2.10. The van der Waals surface area contributed by atoms with E-state index in [1.54, 1.807) is 23.5 Å². The minimum atomic E-state index is 0.0763. The molecule has 0 aliphatic carbocycles. The molecule has 18 heavy (non-hydrogen) atoms. The van der Waals surface area contributed by atoms with Gasteiger partial charge in [0.05, 0.1) is 0 Å². The molecule has 0 aliphatic rings. The molecule has 0 fully saturated rings. The maximum absolute atomic E-state index is 7.30. The van der Waals surface area contributed by atoms with Crippen LogP contribution in [0.25, 0.3) is 0 Å². The second kappa shape index (κ2) is 5.69. The second-order valence-corrected chi connectivity index (χ2v) is 5.20. The number of ether oxygens (including phenoxy) is 1. The van der Waals surface area contributed by atoms with E-state index in [0.717, 1.165) is 12.2 Å². The lowest BCUT2D eigenvalue weighted by molar-refractivity contribution is 0.310. The molecule has 1 aromatic carbocycles. The molecule has 1 aromatic heterocycles. The molecule has 94 valence electrons. The van der Waals surface area contributed by atoms with Crippen molar-refractivity contribution in [1.82, 2.24) is 0 Å². The van der Waals surface area contributed by atoms with Crippen molar-refractivity contribution < 1.29 is 4.74 Å². The summed E-state index contributed by atoms with van der Waals surface area (Å²) in [6.45, 7) is 2.74. The Balaban J connectivity index is 1.95. The van der Waals surface area contributed by atoms with E-state index < -0.39 is 0 Å². The quantitative estimate of drug-likeness (QED) is 0.640. The predicted octanol–water partition coefficient (Wildman–Crippen LogP) is 3.17. The molecule has 0 radical (unpaired) electrons. The van der Waals surface area contributed by atoms with Gasteiger partial charge in [-0.2, -0.15) is 0 Å². The highest BCUT2D eigenvalue weighted by atomic mass is 32.1. The Hall–Kier alpha value is -1.81. The highest BCUT2D eigenvalue weighted by Crippen LogP contribution is 2.20. The van der Waals surface area contributed by atoms with Gasteiger partial charge in [0.25, 0.3) is 0 Å². The van der Waals surface area contributed by atoms with E-state index in [1.807, 2.05) is 12.1 Å². The molecule has 0 spiro atoms. The number of rotatable bonds is 5. The van der Waals surface area contributed by atoms with E-state index in [2.05, 4.69) is 19.1 Å². The molecule has 1 heterocycles. The molecular formula is C14H16N2OS. The van der Waals surface area contributed by atoms with Gasteiger partial charge in [-0.15, -0.1) is 11.3 Å². The van der Waals surface area contributed by atoms with Crippen molar-refractivity contribution in [2.75, 3.05) is 0 Å². The number of nitrogen functional groups attached to an aromatic ring is 1. The van der Waals surface area contributed by atoms with Gasteiger partial charge in [-0.25, -0.2) is 0 Å². The smallest absolute Gasteiger partial charge is 0.122 e. The first-order chi connectivity index (χ1) is 8.69. The Morgan fingerprint density at radius 2 is 1.83 bits per heavy atom. The Labute approximate surface area is 111 Å². The summed E-state index contributed by atoms with van der Waals surface area (Å²) in [6.07, 6.45) is 1.07. The van der Waals surface area contributed by atoms with Crippen LogP contribution in [0.2, 0.25) is 0 Å². The SMILES string of the molecule is CCc1ccc(COc2ccc(C(=N)N)cc2)s1. The second-order valence-electron chi connectivity index (χ2n) is 3.95. The first-order valence-electron chi connectivity index (χ1n) is 5.84. The fourth-order valence-corrected chi connectivity index (χ4v) is 2.45. The standard InChI is InChI=1S/C14H16N2OS/c1-2-12-7-8-13(18-12)9-17-11-5-3-10(4-6-11)14(15)16/h3-8H,2,9H2,1H3,(H3,15,16). The molecule has 0 atom stereocenters. The molecule has 0 amide bonds. The maximum Gasteiger partial charge on any atom is 0.122 e. The minimum absolute atomic E-state index is 0.0763. The monoisotopic (exact) mass is 260 g/mol. The molecular weight excluding hydrogens is 244 g/mol. The highest BCUT2D eigenvalue weighted by Gasteiger charge is 2.01. The third-order valence-electron chi connectivity index (χ3n) is 2.61. The Kier molecular flexibility index (Phi) is 3.99. The summed E-state index contributed by atoms with van der Waals surface area (Å²) in [5, 5.41) is 7.30. The van der Waals surface area contributed by atoms with Gasteiger partial charge < -0.3 is 10.5 Å². The number of amidine groups is 1. The molecule has 0 saturated heterocycles. The van der Waals surface area contributed by atoms with Gasteiger partial charge in [-0.1, -0.05) is 6.92 Å². The number of hydrogen-bond donors (Lipinski definition) is 2. The Bertz CT molecular complexity index is 531. The molecule has 0 saturated carbocycles. The molecule has 4 heteroatoms. The Morgan fingerprint density at radius 1 is 1.17 bits per heavy atom. The third kappa shape index (κ3) is 3.11. The van der Waals surface area contributed by atoms with Crippen LogP contribution in [0.5, 0.6) is 5.75 Å². The van der Waals surface area contributed by atoms with Gasteiger partial charge in [-0.05, 0) is 42.8 Å². The summed E-state index contributed by atoms with van der Waals surface area (Å²) in [6, 6.07) is 11.5. The van der Waals surface area contributed by atoms with Crippen LogP contribution in [0.4, 0.5) is 0 Å². The van der Waals surface area contributed by atoms with Crippen LogP contribution in [0, 0.1) is 5.41 Å². The average molecular weight is 260 g/mol. The number of thiophene rings is 1. The van der Waals surface area contributed by atoms with E-state index in [0.29, 0.717) is 12.2 Å². The number of nitrogens with two attached hydrogens (primary N) is 1. The fraction of sp³-hybridized carbons (Fsp3) is 0.214. The normalized spacial score (nSPS) is 10.3. The van der Waals surface area contributed by atoms with Crippen LogP contribution in [0.15, 0.2) is 36.4 Å². The number of aryl methyl sites for hydroxylation is 1. The van der Waals surface area contributed by atoms with Crippen molar-refractivity contribution in [3.63, 3.8) is 0 Å². The van der Waals surface area contributed by atoms with Crippen LogP contribution in [0.3, 0.4) is 0 Å². The molecule has 0 aliphatic heterocycles. The van der Waals surface area contributed by atoms with Crippen molar-refractivity contribution in [3.8, 4) is 5.75 Å². The Morgan fingerprint density at radius 3 is 2.39 bits per heavy atom. The third-order valence-corrected chi connectivity index (χ3v) is 3.82. The zero-order valence-electron chi connectivity index (χ0n) is 10.3. The summed E-state index contributed by atoms with van der Waals surface area (Å²) in [4.78, 5) is 2.60. The van der Waals surface area contributed by atoms with Gasteiger partial charge in [0.1, 0.15) is 18.2 Å². The summed E-state index contributed by atoms with van der Waals surface area (Å²) in [5.41, 5.74) is 6.11. The van der Waals surface area contributed by atoms with E-state index in [-0.39, 0.29) is 5.84 Å². The lowest BCUT2D eigenvalue weighted by Gasteiger charge is -2.05. The summed E-state index contributed by atoms with van der Waals surface area (Å²) in [7, 11) is 0. The van der Waals surface area contributed by atoms with E-state index in [1.165, 1.54) is 9.75 Å². The lowest BCUT2D eigenvalue weighted by atomic mass is 10.2.